The zero-order valence-corrected chi connectivity index (χ0v) is 5.13. The Morgan fingerprint density at radius 2 is 2.38 bits per heavy atom. The van der Waals surface area contributed by atoms with Crippen molar-refractivity contribution in [1.82, 2.24) is 0 Å². The van der Waals surface area contributed by atoms with Crippen LogP contribution in [-0.2, 0) is 0 Å². The fourth-order valence-electron chi connectivity index (χ4n) is 0.915. The van der Waals surface area contributed by atoms with E-state index in [1.165, 1.54) is 6.42 Å². The Kier molecular flexibility index (Phi) is 1.24. The van der Waals surface area contributed by atoms with Crippen LogP contribution in [0, 0.1) is 17.0 Å². The van der Waals surface area contributed by atoms with Crippen LogP contribution in [0.25, 0.3) is 0 Å². The Hall–Kier alpha value is -0.530. The van der Waals surface area contributed by atoms with Crippen molar-refractivity contribution in [3.8, 4) is 0 Å². The molecule has 2 unspecified atom stereocenters. The maximum Gasteiger partial charge on any atom is 0.155 e. The zero-order chi connectivity index (χ0) is 6.15. The first kappa shape index (κ1) is 5.60. The van der Waals surface area contributed by atoms with Crippen LogP contribution in [-0.4, -0.2) is 18.0 Å². The van der Waals surface area contributed by atoms with Crippen LogP contribution in [0.15, 0.2) is 0 Å². The van der Waals surface area contributed by atoms with Crippen LogP contribution in [0.2, 0.25) is 0 Å². The molecule has 0 radical (unpaired) electrons. The van der Waals surface area contributed by atoms with E-state index in [0.717, 1.165) is 10.7 Å². The molecule has 1 fully saturated rings. The smallest absolute Gasteiger partial charge is 0.155 e. The Morgan fingerprint density at radius 1 is 1.88 bits per heavy atom. The van der Waals surface area contributed by atoms with Gasteiger partial charge < -0.3 is 5.21 Å². The SMILES string of the molecule is C=[N+]([O-])CC1CC1C. The van der Waals surface area contributed by atoms with Gasteiger partial charge in [0, 0.05) is 5.92 Å². The minimum absolute atomic E-state index is 0.626. The van der Waals surface area contributed by atoms with Gasteiger partial charge in [-0.05, 0) is 12.3 Å². The topological polar surface area (TPSA) is 26.1 Å². The van der Waals surface area contributed by atoms with Crippen LogP contribution >= 0.6 is 0 Å². The molecule has 0 amide bonds. The third-order valence-corrected chi connectivity index (χ3v) is 1.71. The number of hydrogen-bond acceptors (Lipinski definition) is 1. The van der Waals surface area contributed by atoms with Crippen molar-refractivity contribution >= 4 is 6.72 Å². The van der Waals surface area contributed by atoms with Gasteiger partial charge in [0.2, 0.25) is 0 Å². The van der Waals surface area contributed by atoms with Crippen LogP contribution in [0.4, 0.5) is 0 Å². The lowest BCUT2D eigenvalue weighted by Crippen LogP contribution is -2.04. The summed E-state index contributed by atoms with van der Waals surface area (Å²) < 4.78 is 0.772. The van der Waals surface area contributed by atoms with Crippen molar-refractivity contribution < 1.29 is 4.74 Å². The van der Waals surface area contributed by atoms with Crippen molar-refractivity contribution in [2.24, 2.45) is 11.8 Å². The molecule has 1 aliphatic rings. The van der Waals surface area contributed by atoms with Crippen molar-refractivity contribution in [2.45, 2.75) is 13.3 Å². The molecule has 2 heteroatoms. The molecule has 0 spiro atoms. The summed E-state index contributed by atoms with van der Waals surface area (Å²) in [6, 6.07) is 0. The summed E-state index contributed by atoms with van der Waals surface area (Å²) in [6.45, 7) is 6.02. The molecule has 0 aromatic rings. The summed E-state index contributed by atoms with van der Waals surface area (Å²) in [6.07, 6.45) is 1.22. The first-order valence-electron chi connectivity index (χ1n) is 2.95. The van der Waals surface area contributed by atoms with Crippen LogP contribution in [0.1, 0.15) is 13.3 Å². The van der Waals surface area contributed by atoms with Gasteiger partial charge in [-0.1, -0.05) is 6.92 Å². The maximum atomic E-state index is 10.2. The third-order valence-electron chi connectivity index (χ3n) is 1.71. The van der Waals surface area contributed by atoms with Crippen molar-refractivity contribution in [1.29, 1.82) is 0 Å². The first-order valence-corrected chi connectivity index (χ1v) is 2.95. The molecular formula is C6H11NO. The van der Waals surface area contributed by atoms with E-state index < -0.39 is 0 Å². The lowest BCUT2D eigenvalue weighted by atomic mass is 10.3. The Bertz CT molecular complexity index is 111. The van der Waals surface area contributed by atoms with Crippen LogP contribution in [0.3, 0.4) is 0 Å². The van der Waals surface area contributed by atoms with E-state index in [-0.39, 0.29) is 0 Å². The minimum Gasteiger partial charge on any atom is -0.624 e. The lowest BCUT2D eigenvalue weighted by molar-refractivity contribution is -0.452. The van der Waals surface area contributed by atoms with Gasteiger partial charge in [0.05, 0.1) is 0 Å². The highest BCUT2D eigenvalue weighted by molar-refractivity contribution is 5.14. The molecule has 0 bridgehead atoms. The highest BCUT2D eigenvalue weighted by atomic mass is 16.5. The van der Waals surface area contributed by atoms with Crippen molar-refractivity contribution in [2.75, 3.05) is 6.54 Å². The molecule has 0 heterocycles. The Morgan fingerprint density at radius 3 is 2.50 bits per heavy atom. The van der Waals surface area contributed by atoms with Gasteiger partial charge in [0.1, 0.15) is 6.72 Å². The highest BCUT2D eigenvalue weighted by Gasteiger charge is 2.34. The summed E-state index contributed by atoms with van der Waals surface area (Å²) in [5, 5.41) is 10.2. The van der Waals surface area contributed by atoms with Gasteiger partial charge in [-0.15, -0.1) is 0 Å². The van der Waals surface area contributed by atoms with E-state index in [1.807, 2.05) is 0 Å². The molecule has 1 rings (SSSR count). The average molecular weight is 113 g/mol. The second-order valence-electron chi connectivity index (χ2n) is 2.64. The molecule has 0 N–H and O–H groups in total. The van der Waals surface area contributed by atoms with E-state index in [4.69, 9.17) is 0 Å². The zero-order valence-electron chi connectivity index (χ0n) is 5.13. The van der Waals surface area contributed by atoms with Gasteiger partial charge in [0.15, 0.2) is 6.54 Å². The summed E-state index contributed by atoms with van der Waals surface area (Å²) >= 11 is 0. The Balaban J connectivity index is 2.14. The molecule has 0 aromatic heterocycles. The van der Waals surface area contributed by atoms with Crippen molar-refractivity contribution in [3.05, 3.63) is 5.21 Å². The fourth-order valence-corrected chi connectivity index (χ4v) is 0.915. The van der Waals surface area contributed by atoms with Gasteiger partial charge in [-0.2, -0.15) is 0 Å². The number of rotatable bonds is 2. The van der Waals surface area contributed by atoms with Crippen LogP contribution < -0.4 is 0 Å². The molecular weight excluding hydrogens is 102 g/mol. The van der Waals surface area contributed by atoms with E-state index in [2.05, 4.69) is 13.6 Å². The van der Waals surface area contributed by atoms with E-state index in [0.29, 0.717) is 12.5 Å². The van der Waals surface area contributed by atoms with E-state index in [1.54, 1.807) is 0 Å². The van der Waals surface area contributed by atoms with Gasteiger partial charge in [0.25, 0.3) is 0 Å². The van der Waals surface area contributed by atoms with E-state index in [9.17, 15) is 5.21 Å². The van der Waals surface area contributed by atoms with Gasteiger partial charge in [-0.3, -0.25) is 0 Å². The second-order valence-corrected chi connectivity index (χ2v) is 2.64. The average Bonchev–Trinajstić information content (AvgIpc) is 2.17. The van der Waals surface area contributed by atoms with Gasteiger partial charge >= 0.3 is 0 Å². The normalized spacial score (nSPS) is 34.6. The Labute approximate surface area is 49.4 Å². The molecule has 0 aromatic carbocycles. The first-order chi connectivity index (χ1) is 3.70. The highest BCUT2D eigenvalue weighted by Crippen LogP contribution is 2.37. The third kappa shape index (κ3) is 1.22. The summed E-state index contributed by atoms with van der Waals surface area (Å²) in [5.41, 5.74) is 0. The molecule has 1 saturated carbocycles. The molecule has 2 nitrogen and oxygen atoms in total. The van der Waals surface area contributed by atoms with E-state index >= 15 is 0 Å². The fraction of sp³-hybridized carbons (Fsp3) is 0.833. The molecule has 46 valence electrons. The molecule has 0 aliphatic heterocycles. The largest absolute Gasteiger partial charge is 0.624 e. The molecule has 0 saturated heterocycles. The minimum atomic E-state index is 0.626. The predicted molar refractivity (Wildman–Crippen MR) is 32.9 cm³/mol. The second kappa shape index (κ2) is 1.77. The molecule has 2 atom stereocenters. The summed E-state index contributed by atoms with van der Waals surface area (Å²) in [7, 11) is 0. The number of hydrogen-bond donors (Lipinski definition) is 0. The summed E-state index contributed by atoms with van der Waals surface area (Å²) in [5.74, 6) is 1.41. The standard InChI is InChI=1S/C6H11NO/c1-5-3-6(5)4-7(2)8/h5-6H,2-4H2,1H3. The van der Waals surface area contributed by atoms with Crippen LogP contribution in [0.5, 0.6) is 0 Å². The quantitative estimate of drug-likeness (QED) is 0.226. The lowest BCUT2D eigenvalue weighted by Gasteiger charge is -1.97. The predicted octanol–water partition coefficient (Wildman–Crippen LogP) is 0.853. The maximum absolute atomic E-state index is 10.2. The summed E-state index contributed by atoms with van der Waals surface area (Å²) in [4.78, 5) is 0. The molecule has 1 aliphatic carbocycles. The van der Waals surface area contributed by atoms with Gasteiger partial charge in [-0.25, -0.2) is 4.74 Å². The van der Waals surface area contributed by atoms with Crippen molar-refractivity contribution in [3.63, 3.8) is 0 Å². The number of nitrogens with zero attached hydrogens (tertiary/aromatic N) is 1. The number of hydroxylamine groups is 1. The molecule has 8 heavy (non-hydrogen) atoms. The monoisotopic (exact) mass is 113 g/mol.